The highest BCUT2D eigenvalue weighted by Gasteiger charge is 2.19. The number of nitrogens with one attached hydrogen (secondary N) is 2. The van der Waals surface area contributed by atoms with E-state index in [4.69, 9.17) is 0 Å². The normalized spacial score (nSPS) is 14.7. The van der Waals surface area contributed by atoms with Gasteiger partial charge in [-0.15, -0.1) is 11.3 Å². The van der Waals surface area contributed by atoms with E-state index in [-0.39, 0.29) is 23.8 Å². The number of hydrogen-bond acceptors (Lipinski definition) is 6. The van der Waals surface area contributed by atoms with Gasteiger partial charge in [0.2, 0.25) is 15.9 Å². The SMILES string of the molecule is CN1CCc2nc(NC(=O)CCNS(=O)(=O)c3ccc4ccccc4c3)sc2C1. The molecule has 0 atom stereocenters. The van der Waals surface area contributed by atoms with Gasteiger partial charge in [-0.1, -0.05) is 30.3 Å². The number of carbonyl (C=O) groups excluding carboxylic acids is 1. The first-order chi connectivity index (χ1) is 13.9. The quantitative estimate of drug-likeness (QED) is 0.627. The Balaban J connectivity index is 1.33. The summed E-state index contributed by atoms with van der Waals surface area (Å²) in [5, 5.41) is 5.18. The van der Waals surface area contributed by atoms with E-state index in [2.05, 4.69) is 27.0 Å². The van der Waals surface area contributed by atoms with E-state index < -0.39 is 10.0 Å². The Bertz CT molecular complexity index is 1160. The van der Waals surface area contributed by atoms with Crippen molar-refractivity contribution in [2.45, 2.75) is 24.3 Å². The maximum absolute atomic E-state index is 12.5. The molecule has 2 heterocycles. The maximum Gasteiger partial charge on any atom is 0.240 e. The van der Waals surface area contributed by atoms with Crippen molar-refractivity contribution in [1.82, 2.24) is 14.6 Å². The highest BCUT2D eigenvalue weighted by molar-refractivity contribution is 7.89. The Labute approximate surface area is 173 Å². The van der Waals surface area contributed by atoms with E-state index >= 15 is 0 Å². The predicted molar refractivity (Wildman–Crippen MR) is 115 cm³/mol. The summed E-state index contributed by atoms with van der Waals surface area (Å²) in [5.74, 6) is -0.259. The number of thiazole rings is 1. The average Bonchev–Trinajstić information content (AvgIpc) is 3.08. The molecule has 0 radical (unpaired) electrons. The van der Waals surface area contributed by atoms with Gasteiger partial charge in [0, 0.05) is 37.4 Å². The number of anilines is 1. The molecule has 0 spiro atoms. The van der Waals surface area contributed by atoms with Crippen LogP contribution in [0.5, 0.6) is 0 Å². The van der Waals surface area contributed by atoms with Crippen LogP contribution in [0.2, 0.25) is 0 Å². The number of aromatic nitrogens is 1. The van der Waals surface area contributed by atoms with E-state index in [0.717, 1.165) is 36.0 Å². The summed E-state index contributed by atoms with van der Waals surface area (Å²) in [5.41, 5.74) is 1.04. The number of benzene rings is 2. The molecule has 0 bridgehead atoms. The predicted octanol–water partition coefficient (Wildman–Crippen LogP) is 2.59. The van der Waals surface area contributed by atoms with E-state index in [1.807, 2.05) is 24.3 Å². The summed E-state index contributed by atoms with van der Waals surface area (Å²) in [6.45, 7) is 1.82. The Hall–Kier alpha value is -2.33. The van der Waals surface area contributed by atoms with Gasteiger partial charge in [0.05, 0.1) is 10.6 Å². The lowest BCUT2D eigenvalue weighted by molar-refractivity contribution is -0.116. The van der Waals surface area contributed by atoms with Gasteiger partial charge in [0.1, 0.15) is 0 Å². The van der Waals surface area contributed by atoms with E-state index in [0.29, 0.717) is 5.13 Å². The number of hydrogen-bond donors (Lipinski definition) is 2. The topological polar surface area (TPSA) is 91.4 Å². The number of fused-ring (bicyclic) bond motifs is 2. The van der Waals surface area contributed by atoms with Crippen LogP contribution < -0.4 is 10.0 Å². The third kappa shape index (κ3) is 4.64. The van der Waals surface area contributed by atoms with Gasteiger partial charge in [-0.3, -0.25) is 4.79 Å². The van der Waals surface area contributed by atoms with Crippen molar-refractivity contribution in [2.75, 3.05) is 25.5 Å². The smallest absolute Gasteiger partial charge is 0.240 e. The third-order valence-electron chi connectivity index (χ3n) is 4.84. The van der Waals surface area contributed by atoms with Gasteiger partial charge in [0.25, 0.3) is 0 Å². The van der Waals surface area contributed by atoms with Crippen LogP contribution in [0.15, 0.2) is 47.4 Å². The molecule has 29 heavy (non-hydrogen) atoms. The van der Waals surface area contributed by atoms with Gasteiger partial charge < -0.3 is 10.2 Å². The first-order valence-corrected chi connectivity index (χ1v) is 11.7. The third-order valence-corrected chi connectivity index (χ3v) is 7.30. The molecule has 0 saturated heterocycles. The molecule has 1 aliphatic heterocycles. The van der Waals surface area contributed by atoms with E-state index in [1.165, 1.54) is 16.2 Å². The zero-order valence-electron chi connectivity index (χ0n) is 16.0. The molecule has 2 aromatic carbocycles. The molecule has 4 rings (SSSR count). The van der Waals surface area contributed by atoms with Crippen molar-refractivity contribution >= 4 is 43.2 Å². The molecule has 9 heteroatoms. The fourth-order valence-corrected chi connectivity index (χ4v) is 5.45. The van der Waals surface area contributed by atoms with Crippen LogP contribution in [0.4, 0.5) is 5.13 Å². The molecule has 0 fully saturated rings. The van der Waals surface area contributed by atoms with Crippen LogP contribution in [0.3, 0.4) is 0 Å². The van der Waals surface area contributed by atoms with E-state index in [9.17, 15) is 13.2 Å². The Morgan fingerprint density at radius 3 is 2.83 bits per heavy atom. The molecule has 0 unspecified atom stereocenters. The average molecular weight is 431 g/mol. The number of nitrogens with zero attached hydrogens (tertiary/aromatic N) is 2. The second-order valence-electron chi connectivity index (χ2n) is 7.08. The Morgan fingerprint density at radius 1 is 1.21 bits per heavy atom. The minimum Gasteiger partial charge on any atom is -0.302 e. The van der Waals surface area contributed by atoms with Gasteiger partial charge in [-0.25, -0.2) is 18.1 Å². The lowest BCUT2D eigenvalue weighted by Crippen LogP contribution is -2.27. The van der Waals surface area contributed by atoms with Gasteiger partial charge in [0.15, 0.2) is 5.13 Å². The molecule has 1 aromatic heterocycles. The molecule has 2 N–H and O–H groups in total. The Kier molecular flexibility index (Phi) is 5.64. The minimum absolute atomic E-state index is 0.0226. The van der Waals surface area contributed by atoms with Crippen molar-refractivity contribution in [3.05, 3.63) is 53.0 Å². The summed E-state index contributed by atoms with van der Waals surface area (Å²) in [6, 6.07) is 12.6. The lowest BCUT2D eigenvalue weighted by Gasteiger charge is -2.20. The summed E-state index contributed by atoms with van der Waals surface area (Å²) in [7, 11) is -1.62. The van der Waals surface area contributed by atoms with Crippen molar-refractivity contribution in [3.8, 4) is 0 Å². The fourth-order valence-electron chi connectivity index (χ4n) is 3.28. The second kappa shape index (κ2) is 8.19. The first kappa shape index (κ1) is 20.0. The summed E-state index contributed by atoms with van der Waals surface area (Å²) >= 11 is 1.48. The monoisotopic (exact) mass is 430 g/mol. The van der Waals surface area contributed by atoms with Crippen LogP contribution >= 0.6 is 11.3 Å². The molecule has 3 aromatic rings. The lowest BCUT2D eigenvalue weighted by atomic mass is 10.1. The van der Waals surface area contributed by atoms with Crippen LogP contribution in [-0.4, -0.2) is 44.3 Å². The van der Waals surface area contributed by atoms with E-state index in [1.54, 1.807) is 18.2 Å². The molecule has 0 aliphatic carbocycles. The molecule has 1 amide bonds. The van der Waals surface area contributed by atoms with Crippen LogP contribution in [0, 0.1) is 0 Å². The molecule has 152 valence electrons. The van der Waals surface area contributed by atoms with Crippen molar-refractivity contribution in [2.24, 2.45) is 0 Å². The number of rotatable bonds is 6. The van der Waals surface area contributed by atoms with Gasteiger partial charge >= 0.3 is 0 Å². The number of likely N-dealkylation sites (N-methyl/N-ethyl adjacent to an activating group) is 1. The molecular formula is C20H22N4O3S2. The number of amides is 1. The van der Waals surface area contributed by atoms with Crippen molar-refractivity contribution in [3.63, 3.8) is 0 Å². The molecule has 0 saturated carbocycles. The molecule has 7 nitrogen and oxygen atoms in total. The molecule has 1 aliphatic rings. The number of carbonyl (C=O) groups is 1. The highest BCUT2D eigenvalue weighted by Crippen LogP contribution is 2.27. The van der Waals surface area contributed by atoms with Crippen molar-refractivity contribution in [1.29, 1.82) is 0 Å². The highest BCUT2D eigenvalue weighted by atomic mass is 32.2. The standard InChI is InChI=1S/C20H22N4O3S2/c1-24-11-9-17-18(13-24)28-20(22-17)23-19(25)8-10-21-29(26,27)16-7-6-14-4-2-3-5-15(14)12-16/h2-7,12,21H,8-11,13H2,1H3,(H,22,23,25). The maximum atomic E-state index is 12.5. The zero-order valence-corrected chi connectivity index (χ0v) is 17.6. The first-order valence-electron chi connectivity index (χ1n) is 9.36. The van der Waals surface area contributed by atoms with Crippen LogP contribution in [0.25, 0.3) is 10.8 Å². The van der Waals surface area contributed by atoms with Crippen LogP contribution in [0.1, 0.15) is 17.0 Å². The van der Waals surface area contributed by atoms with Gasteiger partial charge in [-0.05, 0) is 30.0 Å². The largest absolute Gasteiger partial charge is 0.302 e. The van der Waals surface area contributed by atoms with Gasteiger partial charge in [-0.2, -0.15) is 0 Å². The summed E-state index contributed by atoms with van der Waals surface area (Å²) in [4.78, 5) is 20.3. The second-order valence-corrected chi connectivity index (χ2v) is 9.93. The summed E-state index contributed by atoms with van der Waals surface area (Å²) in [6.07, 6.45) is 0.917. The number of sulfonamides is 1. The fraction of sp³-hybridized carbons (Fsp3) is 0.300. The van der Waals surface area contributed by atoms with Crippen LogP contribution in [-0.2, 0) is 27.8 Å². The summed E-state index contributed by atoms with van der Waals surface area (Å²) < 4.78 is 27.5. The zero-order chi connectivity index (χ0) is 20.4. The minimum atomic E-state index is -3.68. The molecular weight excluding hydrogens is 408 g/mol. The van der Waals surface area contributed by atoms with Crippen molar-refractivity contribution < 1.29 is 13.2 Å². The Morgan fingerprint density at radius 2 is 2.00 bits per heavy atom.